The highest BCUT2D eigenvalue weighted by Crippen LogP contribution is 2.35. The summed E-state index contributed by atoms with van der Waals surface area (Å²) >= 11 is 6.25. The van der Waals surface area contributed by atoms with Gasteiger partial charge in [-0.15, -0.1) is 0 Å². The topological polar surface area (TPSA) is 47.2 Å². The van der Waals surface area contributed by atoms with Crippen molar-refractivity contribution in [1.29, 1.82) is 0 Å². The average Bonchev–Trinajstić information content (AvgIpc) is 3.11. The van der Waals surface area contributed by atoms with Gasteiger partial charge in [0.15, 0.2) is 0 Å². The first-order valence-electron chi connectivity index (χ1n) is 9.81. The molecule has 2 bridgehead atoms. The van der Waals surface area contributed by atoms with E-state index in [1.165, 1.54) is 0 Å². The second-order valence-corrected chi connectivity index (χ2v) is 8.34. The van der Waals surface area contributed by atoms with Gasteiger partial charge in [0.25, 0.3) is 5.56 Å². The Morgan fingerprint density at radius 3 is 2.82 bits per heavy atom. The summed E-state index contributed by atoms with van der Waals surface area (Å²) in [6.45, 7) is 2.81. The fraction of sp³-hybridized carbons (Fsp3) is 0.364. The van der Waals surface area contributed by atoms with Gasteiger partial charge in [0, 0.05) is 72.4 Å². The van der Waals surface area contributed by atoms with Crippen molar-refractivity contribution >= 4 is 28.4 Å². The number of aryl methyl sites for hydroxylation is 1. The SMILES string of the molecule is O=C(CCn1ccc2c(Cl)cccc21)N1CC2CC(C1)c1cccc(=O)n1C2. The number of hydrogen-bond donors (Lipinski definition) is 0. The minimum atomic E-state index is 0.0742. The van der Waals surface area contributed by atoms with Crippen LogP contribution in [0, 0.1) is 5.92 Å². The Bertz CT molecular complexity index is 1120. The van der Waals surface area contributed by atoms with Gasteiger partial charge in [0.1, 0.15) is 0 Å². The lowest BCUT2D eigenvalue weighted by Crippen LogP contribution is -2.49. The molecular weight excluding hydrogens is 374 g/mol. The average molecular weight is 396 g/mol. The van der Waals surface area contributed by atoms with E-state index in [9.17, 15) is 9.59 Å². The number of carbonyl (C=O) groups excluding carboxylic acids is 1. The number of carbonyl (C=O) groups is 1. The second-order valence-electron chi connectivity index (χ2n) is 7.93. The molecule has 1 amide bonds. The van der Waals surface area contributed by atoms with Crippen LogP contribution in [0.25, 0.3) is 10.9 Å². The fourth-order valence-electron chi connectivity index (χ4n) is 4.86. The molecule has 2 atom stereocenters. The molecule has 0 N–H and O–H groups in total. The Kier molecular flexibility index (Phi) is 4.27. The molecule has 3 aromatic rings. The Balaban J connectivity index is 1.30. The summed E-state index contributed by atoms with van der Waals surface area (Å²) < 4.78 is 4.00. The van der Waals surface area contributed by atoms with Crippen LogP contribution in [0.4, 0.5) is 0 Å². The summed E-state index contributed by atoms with van der Waals surface area (Å²) in [6.07, 6.45) is 3.53. The number of benzene rings is 1. The minimum Gasteiger partial charge on any atom is -0.347 e. The number of hydrogen-bond acceptors (Lipinski definition) is 2. The third-order valence-corrected chi connectivity index (χ3v) is 6.49. The van der Waals surface area contributed by atoms with Gasteiger partial charge >= 0.3 is 0 Å². The monoisotopic (exact) mass is 395 g/mol. The third kappa shape index (κ3) is 2.94. The maximum absolute atomic E-state index is 12.9. The van der Waals surface area contributed by atoms with Crippen LogP contribution in [0.15, 0.2) is 53.5 Å². The largest absolute Gasteiger partial charge is 0.347 e. The summed E-state index contributed by atoms with van der Waals surface area (Å²) in [5, 5.41) is 1.76. The van der Waals surface area contributed by atoms with Crippen LogP contribution in [-0.2, 0) is 17.9 Å². The summed E-state index contributed by atoms with van der Waals surface area (Å²) in [6, 6.07) is 13.3. The number of pyridine rings is 1. The van der Waals surface area contributed by atoms with Gasteiger partial charge in [-0.05, 0) is 36.6 Å². The molecule has 5 nitrogen and oxygen atoms in total. The first-order chi connectivity index (χ1) is 13.6. The van der Waals surface area contributed by atoms with Gasteiger partial charge in [-0.2, -0.15) is 0 Å². The van der Waals surface area contributed by atoms with E-state index < -0.39 is 0 Å². The Morgan fingerprint density at radius 2 is 1.93 bits per heavy atom. The van der Waals surface area contributed by atoms with Gasteiger partial charge in [0.05, 0.1) is 0 Å². The number of halogens is 1. The van der Waals surface area contributed by atoms with Crippen LogP contribution >= 0.6 is 11.6 Å². The van der Waals surface area contributed by atoms with Crippen LogP contribution < -0.4 is 5.56 Å². The molecule has 1 fully saturated rings. The van der Waals surface area contributed by atoms with Crippen molar-refractivity contribution in [1.82, 2.24) is 14.0 Å². The molecule has 144 valence electrons. The quantitative estimate of drug-likeness (QED) is 0.681. The maximum Gasteiger partial charge on any atom is 0.250 e. The number of nitrogens with zero attached hydrogens (tertiary/aromatic N) is 3. The summed E-state index contributed by atoms with van der Waals surface area (Å²) in [7, 11) is 0. The van der Waals surface area contributed by atoms with Gasteiger partial charge in [0.2, 0.25) is 5.91 Å². The van der Waals surface area contributed by atoms with Gasteiger partial charge < -0.3 is 14.0 Å². The van der Waals surface area contributed by atoms with Gasteiger partial charge in [-0.3, -0.25) is 9.59 Å². The minimum absolute atomic E-state index is 0.0742. The molecule has 0 spiro atoms. The van der Waals surface area contributed by atoms with E-state index in [0.29, 0.717) is 25.4 Å². The molecule has 0 aliphatic carbocycles. The van der Waals surface area contributed by atoms with Crippen LogP contribution in [-0.4, -0.2) is 33.0 Å². The number of fused-ring (bicyclic) bond motifs is 5. The zero-order chi connectivity index (χ0) is 19.3. The van der Waals surface area contributed by atoms with E-state index in [1.54, 1.807) is 6.07 Å². The number of aromatic nitrogens is 2. The van der Waals surface area contributed by atoms with Gasteiger partial charge in [-0.1, -0.05) is 23.7 Å². The van der Waals surface area contributed by atoms with E-state index in [1.807, 2.05) is 52.1 Å². The predicted octanol–water partition coefficient (Wildman–Crippen LogP) is 3.49. The summed E-state index contributed by atoms with van der Waals surface area (Å²) in [4.78, 5) is 27.1. The van der Waals surface area contributed by atoms with Crippen molar-refractivity contribution in [2.75, 3.05) is 13.1 Å². The lowest BCUT2D eigenvalue weighted by atomic mass is 9.83. The van der Waals surface area contributed by atoms with E-state index in [2.05, 4.69) is 4.57 Å². The van der Waals surface area contributed by atoms with Crippen molar-refractivity contribution in [3.05, 3.63) is 69.7 Å². The van der Waals surface area contributed by atoms with Crippen molar-refractivity contribution < 1.29 is 4.79 Å². The molecule has 0 radical (unpaired) electrons. The van der Waals surface area contributed by atoms with Crippen molar-refractivity contribution in [3.63, 3.8) is 0 Å². The first kappa shape index (κ1) is 17.6. The molecule has 0 saturated carbocycles. The van der Waals surface area contributed by atoms with Gasteiger partial charge in [-0.25, -0.2) is 0 Å². The van der Waals surface area contributed by atoms with Crippen LogP contribution in [0.3, 0.4) is 0 Å². The van der Waals surface area contributed by atoms with Crippen molar-refractivity contribution in [2.45, 2.75) is 31.8 Å². The van der Waals surface area contributed by atoms with E-state index in [0.717, 1.165) is 41.1 Å². The Labute approximate surface area is 168 Å². The zero-order valence-corrected chi connectivity index (χ0v) is 16.3. The normalized spacial score (nSPS) is 21.0. The molecule has 2 aliphatic heterocycles. The van der Waals surface area contributed by atoms with Crippen molar-refractivity contribution in [3.8, 4) is 0 Å². The molecule has 2 aliphatic rings. The van der Waals surface area contributed by atoms with Crippen LogP contribution in [0.5, 0.6) is 0 Å². The van der Waals surface area contributed by atoms with E-state index in [4.69, 9.17) is 11.6 Å². The lowest BCUT2D eigenvalue weighted by molar-refractivity contribution is -0.134. The number of piperidine rings is 1. The standard InChI is InChI=1S/C22H22ClN3O2/c23-18-3-1-5-20-17(18)7-9-24(20)10-8-21(27)25-12-15-11-16(14-25)19-4-2-6-22(28)26(19)13-15/h1-7,9,15-16H,8,10-14H2. The first-order valence-corrected chi connectivity index (χ1v) is 10.2. The molecule has 28 heavy (non-hydrogen) atoms. The van der Waals surface area contributed by atoms with Crippen LogP contribution in [0.2, 0.25) is 5.02 Å². The highest BCUT2D eigenvalue weighted by Gasteiger charge is 2.35. The highest BCUT2D eigenvalue weighted by molar-refractivity contribution is 6.35. The Morgan fingerprint density at radius 1 is 1.07 bits per heavy atom. The third-order valence-electron chi connectivity index (χ3n) is 6.16. The molecular formula is C22H22ClN3O2. The maximum atomic E-state index is 12.9. The molecule has 4 heterocycles. The molecule has 6 heteroatoms. The smallest absolute Gasteiger partial charge is 0.250 e. The molecule has 2 unspecified atom stereocenters. The highest BCUT2D eigenvalue weighted by atomic mass is 35.5. The number of rotatable bonds is 3. The second kappa shape index (κ2) is 6.82. The zero-order valence-electron chi connectivity index (χ0n) is 15.6. The molecule has 1 saturated heterocycles. The number of amides is 1. The molecule has 1 aromatic carbocycles. The Hall–Kier alpha value is -2.53. The number of likely N-dealkylation sites (tertiary alicyclic amines) is 1. The lowest BCUT2D eigenvalue weighted by Gasteiger charge is -2.42. The van der Waals surface area contributed by atoms with Crippen LogP contribution in [0.1, 0.15) is 24.5 Å². The molecule has 5 rings (SSSR count). The summed E-state index contributed by atoms with van der Waals surface area (Å²) in [5.74, 6) is 0.809. The van der Waals surface area contributed by atoms with E-state index in [-0.39, 0.29) is 17.4 Å². The predicted molar refractivity (Wildman–Crippen MR) is 110 cm³/mol. The molecule has 2 aromatic heterocycles. The van der Waals surface area contributed by atoms with E-state index >= 15 is 0 Å². The summed E-state index contributed by atoms with van der Waals surface area (Å²) in [5.41, 5.74) is 2.21. The fourth-order valence-corrected chi connectivity index (χ4v) is 5.09. The van der Waals surface area contributed by atoms with Crippen molar-refractivity contribution in [2.24, 2.45) is 5.92 Å².